The standard InChI is InChI=1S/C19H17FO4/c1-13(19(22)15-7-10-16(23-2)11-8-15)24-18(21)12-9-14-5-3-4-6-17(14)20/h3-13H,1-2H3/b12-9+/t13-/m0/s1. The summed E-state index contributed by atoms with van der Waals surface area (Å²) in [5, 5.41) is 0. The van der Waals surface area contributed by atoms with Crippen molar-refractivity contribution in [2.24, 2.45) is 0 Å². The second-order valence-electron chi connectivity index (χ2n) is 5.03. The van der Waals surface area contributed by atoms with Crippen LogP contribution < -0.4 is 4.74 Å². The van der Waals surface area contributed by atoms with E-state index < -0.39 is 17.9 Å². The third kappa shape index (κ3) is 4.52. The lowest BCUT2D eigenvalue weighted by molar-refractivity contribution is -0.140. The highest BCUT2D eigenvalue weighted by molar-refractivity contribution is 6.01. The second kappa shape index (κ2) is 8.06. The molecule has 0 aliphatic heterocycles. The lowest BCUT2D eigenvalue weighted by Crippen LogP contribution is -2.23. The predicted octanol–water partition coefficient (Wildman–Crippen LogP) is 3.66. The molecular weight excluding hydrogens is 311 g/mol. The Labute approximate surface area is 139 Å². The Morgan fingerprint density at radius 1 is 1.08 bits per heavy atom. The topological polar surface area (TPSA) is 52.6 Å². The number of hydrogen-bond acceptors (Lipinski definition) is 4. The highest BCUT2D eigenvalue weighted by atomic mass is 19.1. The molecule has 5 heteroatoms. The highest BCUT2D eigenvalue weighted by Crippen LogP contribution is 2.14. The fourth-order valence-electron chi connectivity index (χ4n) is 2.03. The van der Waals surface area contributed by atoms with Crippen LogP contribution >= 0.6 is 0 Å². The summed E-state index contributed by atoms with van der Waals surface area (Å²) in [6, 6.07) is 12.5. The zero-order valence-corrected chi connectivity index (χ0v) is 13.4. The van der Waals surface area contributed by atoms with E-state index in [1.54, 1.807) is 36.4 Å². The van der Waals surface area contributed by atoms with E-state index in [4.69, 9.17) is 9.47 Å². The first-order chi connectivity index (χ1) is 11.5. The first-order valence-corrected chi connectivity index (χ1v) is 7.32. The largest absolute Gasteiger partial charge is 0.497 e. The number of benzene rings is 2. The van der Waals surface area contributed by atoms with Crippen LogP contribution in [0.2, 0.25) is 0 Å². The molecule has 0 saturated heterocycles. The molecule has 124 valence electrons. The molecule has 0 fully saturated rings. The minimum atomic E-state index is -0.948. The Morgan fingerprint density at radius 3 is 2.38 bits per heavy atom. The SMILES string of the molecule is COc1ccc(C(=O)[C@H](C)OC(=O)/C=C/c2ccccc2F)cc1. The normalized spacial score (nSPS) is 12.0. The monoisotopic (exact) mass is 328 g/mol. The van der Waals surface area contributed by atoms with Gasteiger partial charge in [-0.15, -0.1) is 0 Å². The van der Waals surface area contributed by atoms with Crippen molar-refractivity contribution in [3.05, 3.63) is 71.6 Å². The van der Waals surface area contributed by atoms with Crippen LogP contribution in [-0.4, -0.2) is 25.0 Å². The van der Waals surface area contributed by atoms with Crippen molar-refractivity contribution in [2.75, 3.05) is 7.11 Å². The Kier molecular flexibility index (Phi) is 5.84. The van der Waals surface area contributed by atoms with E-state index in [1.807, 2.05) is 0 Å². The number of carbonyl (C=O) groups excluding carboxylic acids is 2. The van der Waals surface area contributed by atoms with E-state index in [-0.39, 0.29) is 11.3 Å². The Morgan fingerprint density at radius 2 is 1.75 bits per heavy atom. The van der Waals surface area contributed by atoms with E-state index in [1.165, 1.54) is 32.2 Å². The van der Waals surface area contributed by atoms with Gasteiger partial charge < -0.3 is 9.47 Å². The minimum Gasteiger partial charge on any atom is -0.497 e. The Balaban J connectivity index is 1.97. The molecule has 0 bridgehead atoms. The average Bonchev–Trinajstić information content (AvgIpc) is 2.60. The maximum absolute atomic E-state index is 13.4. The molecule has 0 saturated carbocycles. The van der Waals surface area contributed by atoms with Gasteiger partial charge in [-0.1, -0.05) is 18.2 Å². The number of hydrogen-bond donors (Lipinski definition) is 0. The van der Waals surface area contributed by atoms with Crippen molar-refractivity contribution in [2.45, 2.75) is 13.0 Å². The van der Waals surface area contributed by atoms with E-state index in [9.17, 15) is 14.0 Å². The summed E-state index contributed by atoms with van der Waals surface area (Å²) in [6.45, 7) is 1.49. The number of rotatable bonds is 6. The van der Waals surface area contributed by atoms with Gasteiger partial charge in [0.25, 0.3) is 0 Å². The summed E-state index contributed by atoms with van der Waals surface area (Å²) in [6.07, 6.45) is 1.45. The van der Waals surface area contributed by atoms with Gasteiger partial charge in [0.2, 0.25) is 5.78 Å². The maximum Gasteiger partial charge on any atom is 0.331 e. The molecule has 1 atom stereocenters. The Hall–Kier alpha value is -2.95. The molecule has 4 nitrogen and oxygen atoms in total. The molecule has 0 aliphatic carbocycles. The van der Waals surface area contributed by atoms with E-state index in [2.05, 4.69) is 0 Å². The van der Waals surface area contributed by atoms with Crippen molar-refractivity contribution in [1.29, 1.82) is 0 Å². The molecular formula is C19H17FO4. The summed E-state index contributed by atoms with van der Waals surface area (Å²) >= 11 is 0. The lowest BCUT2D eigenvalue weighted by Gasteiger charge is -2.11. The number of ether oxygens (including phenoxy) is 2. The zero-order valence-electron chi connectivity index (χ0n) is 13.4. The van der Waals surface area contributed by atoms with Gasteiger partial charge in [0.1, 0.15) is 11.6 Å². The van der Waals surface area contributed by atoms with Crippen LogP contribution in [0.4, 0.5) is 4.39 Å². The third-order valence-electron chi connectivity index (χ3n) is 3.34. The summed E-state index contributed by atoms with van der Waals surface area (Å²) in [5.74, 6) is -0.856. The number of methoxy groups -OCH3 is 1. The lowest BCUT2D eigenvalue weighted by atomic mass is 10.1. The summed E-state index contributed by atoms with van der Waals surface area (Å²) in [4.78, 5) is 24.0. The molecule has 0 aromatic heterocycles. The molecule has 0 spiro atoms. The number of Topliss-reactive ketones (excluding diaryl/α,β-unsaturated/α-hetero) is 1. The maximum atomic E-state index is 13.4. The number of esters is 1. The Bertz CT molecular complexity index is 750. The molecule has 0 radical (unpaired) electrons. The van der Waals surface area contributed by atoms with Crippen molar-refractivity contribution in [3.8, 4) is 5.75 Å². The van der Waals surface area contributed by atoms with Gasteiger partial charge in [-0.05, 0) is 43.3 Å². The van der Waals surface area contributed by atoms with Crippen LogP contribution in [0, 0.1) is 5.82 Å². The fourth-order valence-corrected chi connectivity index (χ4v) is 2.03. The minimum absolute atomic E-state index is 0.267. The number of carbonyl (C=O) groups is 2. The van der Waals surface area contributed by atoms with Crippen LogP contribution in [-0.2, 0) is 9.53 Å². The van der Waals surface area contributed by atoms with E-state index in [0.717, 1.165) is 6.08 Å². The molecule has 0 heterocycles. The molecule has 0 amide bonds. The quantitative estimate of drug-likeness (QED) is 0.461. The van der Waals surface area contributed by atoms with Crippen LogP contribution in [0.25, 0.3) is 6.08 Å². The van der Waals surface area contributed by atoms with Crippen molar-refractivity contribution in [3.63, 3.8) is 0 Å². The van der Waals surface area contributed by atoms with Gasteiger partial charge >= 0.3 is 5.97 Å². The van der Waals surface area contributed by atoms with Gasteiger partial charge in [0.05, 0.1) is 7.11 Å². The summed E-state index contributed by atoms with van der Waals surface area (Å²) in [7, 11) is 1.53. The first kappa shape index (κ1) is 17.4. The van der Waals surface area contributed by atoms with E-state index >= 15 is 0 Å². The summed E-state index contributed by atoms with van der Waals surface area (Å²) in [5.41, 5.74) is 0.678. The molecule has 2 aromatic carbocycles. The predicted molar refractivity (Wildman–Crippen MR) is 88.3 cm³/mol. The van der Waals surface area contributed by atoms with E-state index in [0.29, 0.717) is 11.3 Å². The van der Waals surface area contributed by atoms with Crippen LogP contribution in [0.3, 0.4) is 0 Å². The molecule has 0 aliphatic rings. The average molecular weight is 328 g/mol. The smallest absolute Gasteiger partial charge is 0.331 e. The van der Waals surface area contributed by atoms with Crippen LogP contribution in [0.5, 0.6) is 5.75 Å². The van der Waals surface area contributed by atoms with Gasteiger partial charge in [-0.2, -0.15) is 0 Å². The fraction of sp³-hybridized carbons (Fsp3) is 0.158. The van der Waals surface area contributed by atoms with Gasteiger partial charge in [0, 0.05) is 17.2 Å². The molecule has 0 unspecified atom stereocenters. The van der Waals surface area contributed by atoms with Crippen molar-refractivity contribution < 1.29 is 23.5 Å². The van der Waals surface area contributed by atoms with Crippen LogP contribution in [0.15, 0.2) is 54.6 Å². The van der Waals surface area contributed by atoms with Crippen molar-refractivity contribution in [1.82, 2.24) is 0 Å². The molecule has 0 N–H and O–H groups in total. The third-order valence-corrected chi connectivity index (χ3v) is 3.34. The van der Waals surface area contributed by atoms with Gasteiger partial charge in [-0.25, -0.2) is 9.18 Å². The van der Waals surface area contributed by atoms with Gasteiger partial charge in [-0.3, -0.25) is 4.79 Å². The first-order valence-electron chi connectivity index (χ1n) is 7.32. The highest BCUT2D eigenvalue weighted by Gasteiger charge is 2.18. The second-order valence-corrected chi connectivity index (χ2v) is 5.03. The molecule has 2 rings (SSSR count). The molecule has 24 heavy (non-hydrogen) atoms. The van der Waals surface area contributed by atoms with Crippen LogP contribution in [0.1, 0.15) is 22.8 Å². The summed E-state index contributed by atoms with van der Waals surface area (Å²) < 4.78 is 23.5. The van der Waals surface area contributed by atoms with Crippen molar-refractivity contribution >= 4 is 17.8 Å². The van der Waals surface area contributed by atoms with Gasteiger partial charge in [0.15, 0.2) is 6.10 Å². The zero-order chi connectivity index (χ0) is 17.5. The number of ketones is 1. The number of halogens is 1. The molecule has 2 aromatic rings.